The van der Waals surface area contributed by atoms with Crippen molar-refractivity contribution in [3.8, 4) is 0 Å². The van der Waals surface area contributed by atoms with Crippen LogP contribution in [0.15, 0.2) is 16.7 Å². The molecule has 0 radical (unpaired) electrons. The summed E-state index contributed by atoms with van der Waals surface area (Å²) in [6.45, 7) is 2.29. The molecule has 1 N–H and O–H groups in total. The van der Waals surface area contributed by atoms with Gasteiger partial charge in [-0.3, -0.25) is 10.1 Å². The standard InChI is InChI=1S/C12H16BrN3O4/c13-9-6-11(16(17)18)12(15-7-9)14-3-5-19-8-10-2-1-4-20-10/h6-7,10H,1-5,8H2,(H,14,15)/t10-/m1/s1. The Morgan fingerprint density at radius 3 is 3.20 bits per heavy atom. The van der Waals surface area contributed by atoms with Crippen LogP contribution in [0.5, 0.6) is 0 Å². The smallest absolute Gasteiger partial charge is 0.312 e. The lowest BCUT2D eigenvalue weighted by molar-refractivity contribution is -0.384. The van der Waals surface area contributed by atoms with Crippen LogP contribution >= 0.6 is 15.9 Å². The molecule has 0 aromatic carbocycles. The summed E-state index contributed by atoms with van der Waals surface area (Å²) in [7, 11) is 0. The Morgan fingerprint density at radius 1 is 1.65 bits per heavy atom. The SMILES string of the molecule is O=[N+]([O-])c1cc(Br)cnc1NCCOC[C@H]1CCCO1. The molecule has 7 nitrogen and oxygen atoms in total. The summed E-state index contributed by atoms with van der Waals surface area (Å²) in [6, 6.07) is 1.42. The summed E-state index contributed by atoms with van der Waals surface area (Å²) < 4.78 is 11.5. The normalized spacial score (nSPS) is 18.1. The number of anilines is 1. The molecular weight excluding hydrogens is 330 g/mol. The molecule has 1 aromatic rings. The van der Waals surface area contributed by atoms with Crippen LogP contribution in [-0.4, -0.2) is 42.4 Å². The minimum Gasteiger partial charge on any atom is -0.377 e. The lowest BCUT2D eigenvalue weighted by Crippen LogP contribution is -2.18. The van der Waals surface area contributed by atoms with Gasteiger partial charge in [0.25, 0.3) is 0 Å². The third-order valence-electron chi connectivity index (χ3n) is 2.90. The molecule has 1 saturated heterocycles. The van der Waals surface area contributed by atoms with Crippen molar-refractivity contribution >= 4 is 27.4 Å². The molecule has 110 valence electrons. The molecule has 0 bridgehead atoms. The van der Waals surface area contributed by atoms with E-state index in [0.717, 1.165) is 19.4 Å². The maximum absolute atomic E-state index is 10.9. The first kappa shape index (κ1) is 15.1. The van der Waals surface area contributed by atoms with Crippen LogP contribution in [0.4, 0.5) is 11.5 Å². The van der Waals surface area contributed by atoms with Crippen molar-refractivity contribution in [2.75, 3.05) is 31.7 Å². The molecule has 8 heteroatoms. The summed E-state index contributed by atoms with van der Waals surface area (Å²) in [4.78, 5) is 14.4. The topological polar surface area (TPSA) is 86.5 Å². The molecule has 1 fully saturated rings. The zero-order valence-corrected chi connectivity index (χ0v) is 12.5. The fourth-order valence-electron chi connectivity index (χ4n) is 1.94. The van der Waals surface area contributed by atoms with Gasteiger partial charge in [-0.25, -0.2) is 4.98 Å². The number of nitrogens with one attached hydrogen (secondary N) is 1. The molecule has 0 aliphatic carbocycles. The zero-order valence-electron chi connectivity index (χ0n) is 10.9. The van der Waals surface area contributed by atoms with Crippen LogP contribution in [0.1, 0.15) is 12.8 Å². The van der Waals surface area contributed by atoms with Gasteiger partial charge in [0.05, 0.1) is 24.2 Å². The number of rotatable bonds is 7. The van der Waals surface area contributed by atoms with Crippen molar-refractivity contribution in [3.63, 3.8) is 0 Å². The largest absolute Gasteiger partial charge is 0.377 e. The molecule has 2 heterocycles. The van der Waals surface area contributed by atoms with Gasteiger partial charge in [-0.05, 0) is 28.8 Å². The molecule has 1 aliphatic heterocycles. The summed E-state index contributed by atoms with van der Waals surface area (Å²) in [5.74, 6) is 0.249. The summed E-state index contributed by atoms with van der Waals surface area (Å²) in [5.41, 5.74) is -0.0569. The number of hydrogen-bond acceptors (Lipinski definition) is 6. The first-order chi connectivity index (χ1) is 9.66. The highest BCUT2D eigenvalue weighted by atomic mass is 79.9. The molecule has 1 atom stereocenters. The Morgan fingerprint density at radius 2 is 2.50 bits per heavy atom. The van der Waals surface area contributed by atoms with E-state index < -0.39 is 4.92 Å². The highest BCUT2D eigenvalue weighted by molar-refractivity contribution is 9.10. The van der Waals surface area contributed by atoms with E-state index >= 15 is 0 Å². The number of ether oxygens (including phenoxy) is 2. The molecule has 0 unspecified atom stereocenters. The van der Waals surface area contributed by atoms with E-state index in [4.69, 9.17) is 9.47 Å². The maximum atomic E-state index is 10.9. The predicted octanol–water partition coefficient (Wildman–Crippen LogP) is 2.36. The Labute approximate surface area is 124 Å². The van der Waals surface area contributed by atoms with Crippen molar-refractivity contribution in [2.45, 2.75) is 18.9 Å². The second-order valence-corrected chi connectivity index (χ2v) is 5.33. The summed E-state index contributed by atoms with van der Waals surface area (Å²) >= 11 is 3.16. The molecule has 0 amide bonds. The molecule has 2 rings (SSSR count). The molecule has 0 saturated carbocycles. The lowest BCUT2D eigenvalue weighted by atomic mass is 10.2. The van der Waals surface area contributed by atoms with Crippen LogP contribution < -0.4 is 5.32 Å². The van der Waals surface area contributed by atoms with Gasteiger partial charge in [0.1, 0.15) is 0 Å². The number of nitrogens with zero attached hydrogens (tertiary/aromatic N) is 2. The van der Waals surface area contributed by atoms with Crippen LogP contribution in [-0.2, 0) is 9.47 Å². The highest BCUT2D eigenvalue weighted by Gasteiger charge is 2.16. The van der Waals surface area contributed by atoms with Gasteiger partial charge in [0, 0.05) is 29.9 Å². The quantitative estimate of drug-likeness (QED) is 0.463. The number of nitro groups is 1. The minimum atomic E-state index is -0.465. The fraction of sp³-hybridized carbons (Fsp3) is 0.583. The van der Waals surface area contributed by atoms with Gasteiger partial charge in [-0.15, -0.1) is 0 Å². The lowest BCUT2D eigenvalue weighted by Gasteiger charge is -2.10. The third-order valence-corrected chi connectivity index (χ3v) is 3.33. The fourth-order valence-corrected chi connectivity index (χ4v) is 2.26. The van der Waals surface area contributed by atoms with Gasteiger partial charge in [-0.2, -0.15) is 0 Å². The second-order valence-electron chi connectivity index (χ2n) is 4.42. The first-order valence-corrected chi connectivity index (χ1v) is 7.19. The van der Waals surface area contributed by atoms with Crippen molar-refractivity contribution in [2.24, 2.45) is 0 Å². The van der Waals surface area contributed by atoms with Gasteiger partial charge >= 0.3 is 5.69 Å². The first-order valence-electron chi connectivity index (χ1n) is 6.40. The third kappa shape index (κ3) is 4.39. The number of aromatic nitrogens is 1. The van der Waals surface area contributed by atoms with Crippen molar-refractivity contribution in [1.82, 2.24) is 4.98 Å². The van der Waals surface area contributed by atoms with Crippen LogP contribution in [0.3, 0.4) is 0 Å². The monoisotopic (exact) mass is 345 g/mol. The average molecular weight is 346 g/mol. The van der Waals surface area contributed by atoms with E-state index in [1.807, 2.05) is 0 Å². The summed E-state index contributed by atoms with van der Waals surface area (Å²) in [5, 5.41) is 13.8. The van der Waals surface area contributed by atoms with E-state index in [0.29, 0.717) is 24.2 Å². The number of pyridine rings is 1. The Bertz CT molecular complexity index is 466. The van der Waals surface area contributed by atoms with E-state index in [-0.39, 0.29) is 17.6 Å². The van der Waals surface area contributed by atoms with Crippen molar-refractivity contribution < 1.29 is 14.4 Å². The van der Waals surface area contributed by atoms with E-state index in [2.05, 4.69) is 26.2 Å². The zero-order chi connectivity index (χ0) is 14.4. The molecule has 0 spiro atoms. The molecule has 1 aromatic heterocycles. The van der Waals surface area contributed by atoms with Gasteiger partial charge in [0.15, 0.2) is 0 Å². The minimum absolute atomic E-state index is 0.0569. The van der Waals surface area contributed by atoms with Crippen molar-refractivity contribution in [1.29, 1.82) is 0 Å². The van der Waals surface area contributed by atoms with Gasteiger partial charge < -0.3 is 14.8 Å². The number of halogens is 1. The Balaban J connectivity index is 1.74. The van der Waals surface area contributed by atoms with Crippen molar-refractivity contribution in [3.05, 3.63) is 26.9 Å². The van der Waals surface area contributed by atoms with E-state index in [1.54, 1.807) is 0 Å². The molecule has 20 heavy (non-hydrogen) atoms. The second kappa shape index (κ2) is 7.51. The van der Waals surface area contributed by atoms with Gasteiger partial charge in [-0.1, -0.05) is 0 Å². The molecule has 1 aliphatic rings. The van der Waals surface area contributed by atoms with Crippen LogP contribution in [0, 0.1) is 10.1 Å². The Hall–Kier alpha value is -1.25. The van der Waals surface area contributed by atoms with E-state index in [1.165, 1.54) is 12.3 Å². The molecular formula is C12H16BrN3O4. The highest BCUT2D eigenvalue weighted by Crippen LogP contribution is 2.24. The van der Waals surface area contributed by atoms with Crippen LogP contribution in [0.25, 0.3) is 0 Å². The predicted molar refractivity (Wildman–Crippen MR) is 76.9 cm³/mol. The number of hydrogen-bond donors (Lipinski definition) is 1. The van der Waals surface area contributed by atoms with Crippen LogP contribution in [0.2, 0.25) is 0 Å². The maximum Gasteiger partial charge on any atom is 0.312 e. The Kier molecular flexibility index (Phi) is 5.69. The van der Waals surface area contributed by atoms with Gasteiger partial charge in [0.2, 0.25) is 5.82 Å². The average Bonchev–Trinajstić information content (AvgIpc) is 2.92. The van der Waals surface area contributed by atoms with E-state index in [9.17, 15) is 10.1 Å². The summed E-state index contributed by atoms with van der Waals surface area (Å²) in [6.07, 6.45) is 3.83.